The smallest absolute Gasteiger partial charge is 0.296 e. The molecule has 0 unspecified atom stereocenters. The van der Waals surface area contributed by atoms with Crippen molar-refractivity contribution in [1.29, 1.82) is 0 Å². The number of aryl methyl sites for hydroxylation is 1. The van der Waals surface area contributed by atoms with Gasteiger partial charge in [-0.25, -0.2) is 4.98 Å². The molecule has 0 radical (unpaired) electrons. The third-order valence-corrected chi connectivity index (χ3v) is 4.69. The summed E-state index contributed by atoms with van der Waals surface area (Å²) in [7, 11) is 1.79. The van der Waals surface area contributed by atoms with Crippen molar-refractivity contribution in [3.8, 4) is 17.0 Å². The highest BCUT2D eigenvalue weighted by atomic mass is 16.6. The van der Waals surface area contributed by atoms with Gasteiger partial charge in [-0.3, -0.25) is 19.6 Å². The number of anilines is 1. The van der Waals surface area contributed by atoms with Crippen molar-refractivity contribution in [2.24, 2.45) is 7.05 Å². The number of nitrogens with zero attached hydrogens (tertiary/aromatic N) is 4. The Bertz CT molecular complexity index is 1300. The molecule has 0 fully saturated rings. The van der Waals surface area contributed by atoms with Gasteiger partial charge >= 0.3 is 0 Å². The summed E-state index contributed by atoms with van der Waals surface area (Å²) in [4.78, 5) is 28.8. The minimum absolute atomic E-state index is 0.0854. The molecule has 0 bridgehead atoms. The van der Waals surface area contributed by atoms with E-state index < -0.39 is 10.8 Å². The summed E-state index contributed by atoms with van der Waals surface area (Å²) in [5.74, 6) is -0.114. The second kappa shape index (κ2) is 8.23. The average Bonchev–Trinajstić information content (AvgIpc) is 3.20. The summed E-state index contributed by atoms with van der Waals surface area (Å²) in [6.45, 7) is 2.17. The summed E-state index contributed by atoms with van der Waals surface area (Å²) in [6.07, 6.45) is 3.46. The molecule has 4 rings (SSSR count). The van der Waals surface area contributed by atoms with Gasteiger partial charge in [0.15, 0.2) is 0 Å². The van der Waals surface area contributed by atoms with Gasteiger partial charge in [0.25, 0.3) is 11.6 Å². The standard InChI is InChI=1S/C22H19N5O4/c1-3-31-15-8-9-19(21(10-15)27(29)30)25-22(28)17-11-20(14-12-23-26(2)13-14)24-18-7-5-4-6-16(17)18/h4-13H,3H2,1-2H3,(H,25,28). The second-order valence-corrected chi connectivity index (χ2v) is 6.80. The molecule has 4 aromatic rings. The number of amides is 1. The van der Waals surface area contributed by atoms with E-state index in [9.17, 15) is 14.9 Å². The second-order valence-electron chi connectivity index (χ2n) is 6.80. The Morgan fingerprint density at radius 3 is 2.74 bits per heavy atom. The number of ether oxygens (including phenoxy) is 1. The van der Waals surface area contributed by atoms with Gasteiger partial charge in [0.05, 0.1) is 40.6 Å². The number of para-hydroxylation sites is 1. The van der Waals surface area contributed by atoms with Crippen molar-refractivity contribution in [1.82, 2.24) is 14.8 Å². The summed E-state index contributed by atoms with van der Waals surface area (Å²) >= 11 is 0. The van der Waals surface area contributed by atoms with Gasteiger partial charge in [0.2, 0.25) is 0 Å². The maximum atomic E-state index is 13.2. The van der Waals surface area contributed by atoms with Crippen molar-refractivity contribution < 1.29 is 14.5 Å². The quantitative estimate of drug-likeness (QED) is 0.372. The molecule has 0 atom stereocenters. The van der Waals surface area contributed by atoms with Gasteiger partial charge in [0.1, 0.15) is 11.4 Å². The van der Waals surface area contributed by atoms with E-state index in [1.807, 2.05) is 18.2 Å². The van der Waals surface area contributed by atoms with Gasteiger partial charge in [-0.1, -0.05) is 18.2 Å². The Balaban J connectivity index is 1.77. The molecular weight excluding hydrogens is 398 g/mol. The third-order valence-electron chi connectivity index (χ3n) is 4.69. The van der Waals surface area contributed by atoms with Crippen LogP contribution >= 0.6 is 0 Å². The lowest BCUT2D eigenvalue weighted by Gasteiger charge is -2.11. The van der Waals surface area contributed by atoms with Crippen LogP contribution in [0.25, 0.3) is 22.2 Å². The van der Waals surface area contributed by atoms with Gasteiger partial charge in [0, 0.05) is 24.2 Å². The number of hydrogen-bond acceptors (Lipinski definition) is 6. The molecule has 156 valence electrons. The molecule has 0 aliphatic rings. The zero-order chi connectivity index (χ0) is 22.0. The van der Waals surface area contributed by atoms with E-state index in [0.29, 0.717) is 34.5 Å². The number of aromatic nitrogens is 3. The van der Waals surface area contributed by atoms with Crippen molar-refractivity contribution in [2.75, 3.05) is 11.9 Å². The number of pyridine rings is 1. The Morgan fingerprint density at radius 1 is 1.23 bits per heavy atom. The van der Waals surface area contributed by atoms with Crippen LogP contribution < -0.4 is 10.1 Å². The molecule has 9 nitrogen and oxygen atoms in total. The number of rotatable bonds is 6. The van der Waals surface area contributed by atoms with Crippen molar-refractivity contribution in [3.63, 3.8) is 0 Å². The summed E-state index contributed by atoms with van der Waals surface area (Å²) in [6, 6.07) is 13.2. The number of nitrogens with one attached hydrogen (secondary N) is 1. The fourth-order valence-corrected chi connectivity index (χ4v) is 3.28. The highest BCUT2D eigenvalue weighted by molar-refractivity contribution is 6.13. The Hall–Kier alpha value is -4.27. The predicted molar refractivity (Wildman–Crippen MR) is 116 cm³/mol. The first-order valence-corrected chi connectivity index (χ1v) is 9.57. The van der Waals surface area contributed by atoms with Crippen molar-refractivity contribution in [3.05, 3.63) is 76.6 Å². The van der Waals surface area contributed by atoms with E-state index in [4.69, 9.17) is 4.74 Å². The van der Waals surface area contributed by atoms with Gasteiger partial charge in [-0.15, -0.1) is 0 Å². The van der Waals surface area contributed by atoms with Crippen molar-refractivity contribution >= 4 is 28.2 Å². The minimum Gasteiger partial charge on any atom is -0.494 e. The minimum atomic E-state index is -0.552. The van der Waals surface area contributed by atoms with Crippen LogP contribution in [-0.4, -0.2) is 32.2 Å². The fraction of sp³-hybridized carbons (Fsp3) is 0.136. The van der Waals surface area contributed by atoms with E-state index in [-0.39, 0.29) is 11.4 Å². The summed E-state index contributed by atoms with van der Waals surface area (Å²) in [5.41, 5.74) is 2.17. The maximum Gasteiger partial charge on any atom is 0.296 e. The molecule has 1 N–H and O–H groups in total. The van der Waals surface area contributed by atoms with Crippen LogP contribution in [0.4, 0.5) is 11.4 Å². The van der Waals surface area contributed by atoms with Crippen LogP contribution in [0.3, 0.4) is 0 Å². The zero-order valence-corrected chi connectivity index (χ0v) is 16.9. The monoisotopic (exact) mass is 417 g/mol. The van der Waals surface area contributed by atoms with E-state index in [1.165, 1.54) is 12.1 Å². The number of benzene rings is 2. The molecule has 0 aliphatic heterocycles. The lowest BCUT2D eigenvalue weighted by atomic mass is 10.0. The summed E-state index contributed by atoms with van der Waals surface area (Å²) in [5, 5.41) is 19.0. The SMILES string of the molecule is CCOc1ccc(NC(=O)c2cc(-c3cnn(C)c3)nc3ccccc23)c([N+](=O)[O-])c1. The first kappa shape index (κ1) is 20.0. The average molecular weight is 417 g/mol. The molecule has 0 spiro atoms. The molecule has 0 aliphatic carbocycles. The Kier molecular flexibility index (Phi) is 5.31. The molecule has 2 aromatic carbocycles. The summed E-state index contributed by atoms with van der Waals surface area (Å²) < 4.78 is 6.98. The number of nitro groups is 1. The molecule has 0 saturated heterocycles. The lowest BCUT2D eigenvalue weighted by molar-refractivity contribution is -0.384. The molecule has 2 aromatic heterocycles. The molecular formula is C22H19N5O4. The molecule has 2 heterocycles. The van der Waals surface area contributed by atoms with Crippen molar-refractivity contribution in [2.45, 2.75) is 6.92 Å². The normalized spacial score (nSPS) is 10.8. The van der Waals surface area contributed by atoms with Crippen LogP contribution in [0, 0.1) is 10.1 Å². The van der Waals surface area contributed by atoms with Gasteiger partial charge in [-0.05, 0) is 31.2 Å². The lowest BCUT2D eigenvalue weighted by Crippen LogP contribution is -2.14. The van der Waals surface area contributed by atoms with Crippen LogP contribution in [0.1, 0.15) is 17.3 Å². The zero-order valence-electron chi connectivity index (χ0n) is 16.9. The molecule has 0 saturated carbocycles. The largest absolute Gasteiger partial charge is 0.494 e. The molecule has 9 heteroatoms. The first-order valence-electron chi connectivity index (χ1n) is 9.57. The third kappa shape index (κ3) is 4.06. The number of hydrogen-bond donors (Lipinski definition) is 1. The fourth-order valence-electron chi connectivity index (χ4n) is 3.28. The number of fused-ring (bicyclic) bond motifs is 1. The number of carbonyl (C=O) groups excluding carboxylic acids is 1. The highest BCUT2D eigenvalue weighted by Gasteiger charge is 2.20. The first-order chi connectivity index (χ1) is 15.0. The number of carbonyl (C=O) groups is 1. The van der Waals surface area contributed by atoms with Crippen LogP contribution in [0.5, 0.6) is 5.75 Å². The van der Waals surface area contributed by atoms with Crippen LogP contribution in [0.15, 0.2) is 60.9 Å². The van der Waals surface area contributed by atoms with Gasteiger partial charge < -0.3 is 10.1 Å². The van der Waals surface area contributed by atoms with Gasteiger partial charge in [-0.2, -0.15) is 5.10 Å². The van der Waals surface area contributed by atoms with Crippen LogP contribution in [0.2, 0.25) is 0 Å². The van der Waals surface area contributed by atoms with E-state index in [0.717, 1.165) is 5.56 Å². The molecule has 31 heavy (non-hydrogen) atoms. The van der Waals surface area contributed by atoms with E-state index >= 15 is 0 Å². The Morgan fingerprint density at radius 2 is 2.03 bits per heavy atom. The molecule has 1 amide bonds. The maximum absolute atomic E-state index is 13.2. The van der Waals surface area contributed by atoms with E-state index in [1.54, 1.807) is 49.2 Å². The Labute approximate surface area is 177 Å². The predicted octanol–water partition coefficient (Wildman–Crippen LogP) is 4.19. The highest BCUT2D eigenvalue weighted by Crippen LogP contribution is 2.31. The topological polar surface area (TPSA) is 112 Å². The number of nitro benzene ring substituents is 1. The van der Waals surface area contributed by atoms with Crippen LogP contribution in [-0.2, 0) is 7.05 Å². The van der Waals surface area contributed by atoms with E-state index in [2.05, 4.69) is 15.4 Å².